The summed E-state index contributed by atoms with van der Waals surface area (Å²) in [6.07, 6.45) is 6.71. The Hall–Kier alpha value is -5.30. The summed E-state index contributed by atoms with van der Waals surface area (Å²) in [5, 5.41) is 17.0. The largest absolute Gasteiger partial charge is 0.444 e. The molecule has 0 unspecified atom stereocenters. The number of rotatable bonds is 13. The van der Waals surface area contributed by atoms with Gasteiger partial charge in [0, 0.05) is 59.4 Å². The number of benzene rings is 2. The number of aryl methyl sites for hydroxylation is 1. The molecule has 57 heavy (non-hydrogen) atoms. The van der Waals surface area contributed by atoms with Crippen molar-refractivity contribution in [2.24, 2.45) is 38.7 Å². The summed E-state index contributed by atoms with van der Waals surface area (Å²) in [6.45, 7) is 8.22. The molecule has 13 heteroatoms. The van der Waals surface area contributed by atoms with E-state index in [-0.39, 0.29) is 47.9 Å². The Morgan fingerprint density at radius 1 is 0.860 bits per heavy atom. The minimum absolute atomic E-state index is 0.0863. The number of azo groups is 1. The van der Waals surface area contributed by atoms with Gasteiger partial charge in [0.2, 0.25) is 5.91 Å². The fourth-order valence-corrected chi connectivity index (χ4v) is 7.84. The van der Waals surface area contributed by atoms with Gasteiger partial charge in [-0.25, -0.2) is 14.8 Å². The van der Waals surface area contributed by atoms with E-state index in [2.05, 4.69) is 36.2 Å². The van der Waals surface area contributed by atoms with Crippen molar-refractivity contribution in [1.82, 2.24) is 15.6 Å². The number of Topliss-reactive ketones (excluding diaryl/α,β-unsaturated/α-hetero) is 1. The Balaban J connectivity index is 1.09. The predicted molar refractivity (Wildman–Crippen MR) is 220 cm³/mol. The highest BCUT2D eigenvalue weighted by atomic mass is 16.6. The summed E-state index contributed by atoms with van der Waals surface area (Å²) >= 11 is 0. The smallest absolute Gasteiger partial charge is 0.407 e. The summed E-state index contributed by atoms with van der Waals surface area (Å²) in [7, 11) is 0. The van der Waals surface area contributed by atoms with Crippen LogP contribution in [0.2, 0.25) is 0 Å². The van der Waals surface area contributed by atoms with Crippen LogP contribution in [0.4, 0.5) is 10.5 Å². The lowest BCUT2D eigenvalue weighted by Crippen LogP contribution is -2.40. The van der Waals surface area contributed by atoms with Crippen molar-refractivity contribution in [3.63, 3.8) is 0 Å². The number of alkyl carbamates (subject to hydrolysis) is 1. The highest BCUT2D eigenvalue weighted by molar-refractivity contribution is 6.01. The Kier molecular flexibility index (Phi) is 13.6. The lowest BCUT2D eigenvalue weighted by Gasteiger charge is -2.29. The number of ether oxygens (including phenoxy) is 1. The highest BCUT2D eigenvalue weighted by Gasteiger charge is 2.31. The number of amidine groups is 1. The van der Waals surface area contributed by atoms with Crippen LogP contribution < -0.4 is 21.7 Å². The molecule has 2 aliphatic carbocycles. The number of carbonyl (C=O) groups excluding carboxylic acids is 4. The summed E-state index contributed by atoms with van der Waals surface area (Å²) in [5.41, 5.74) is 10.8. The maximum atomic E-state index is 13.9. The molecule has 0 saturated heterocycles. The van der Waals surface area contributed by atoms with Gasteiger partial charge in [0.05, 0.1) is 0 Å². The number of ketones is 1. The summed E-state index contributed by atoms with van der Waals surface area (Å²) < 4.78 is 5.37. The van der Waals surface area contributed by atoms with Crippen LogP contribution in [-0.4, -0.2) is 65.4 Å². The number of hydrogen-bond acceptors (Lipinski definition) is 10. The van der Waals surface area contributed by atoms with Crippen LogP contribution in [0.25, 0.3) is 11.1 Å². The minimum atomic E-state index is -0.594. The van der Waals surface area contributed by atoms with E-state index in [1.165, 1.54) is 0 Å². The monoisotopic (exact) mass is 776 g/mol. The van der Waals surface area contributed by atoms with Crippen molar-refractivity contribution < 1.29 is 23.9 Å². The Morgan fingerprint density at radius 2 is 1.54 bits per heavy atom. The first-order valence-electron chi connectivity index (χ1n) is 20.3. The summed E-state index contributed by atoms with van der Waals surface area (Å²) in [4.78, 5) is 61.8. The summed E-state index contributed by atoms with van der Waals surface area (Å²) in [6, 6.07) is 19.3. The molecule has 0 radical (unpaired) electrons. The number of nitrogens with one attached hydrogen (secondary N) is 3. The van der Waals surface area contributed by atoms with Gasteiger partial charge in [-0.2, -0.15) is 5.11 Å². The molecule has 3 aromatic rings. The quantitative estimate of drug-likeness (QED) is 0.140. The second-order valence-corrected chi connectivity index (χ2v) is 16.7. The minimum Gasteiger partial charge on any atom is -0.444 e. The normalized spacial score (nSPS) is 21.2. The standard InChI is InChI=1S/C44H56N8O5/c1-27-37(21-22-38(49-27)42(55)51-36-19-15-34(45)16-20-36)30-9-5-28(6-10-30)23-33(41(54)50-35-17-13-32(14-18-35)40-47-26-48-52-40)24-39(53)31-11-7-29(8-12-31)25-46-43(56)57-44(2,3)4/h5-6,9-10,13-14,17-18,21-22,29,31,33-34,36H,7-8,11-12,15-16,19-20,23-26,45H2,1-4H3,(H,46,56)(H,50,54)(H,51,55)/t29?,31?,33-,34?,36?/m1/s1. The van der Waals surface area contributed by atoms with E-state index >= 15 is 0 Å². The number of aromatic nitrogens is 1. The van der Waals surface area contributed by atoms with Crippen molar-refractivity contribution >= 4 is 35.2 Å². The van der Waals surface area contributed by atoms with E-state index in [0.717, 1.165) is 66.5 Å². The fourth-order valence-electron chi connectivity index (χ4n) is 7.84. The average molecular weight is 777 g/mol. The lowest BCUT2D eigenvalue weighted by molar-refractivity contribution is -0.129. The van der Waals surface area contributed by atoms with E-state index < -0.39 is 17.6 Å². The van der Waals surface area contributed by atoms with Crippen LogP contribution in [0.5, 0.6) is 0 Å². The van der Waals surface area contributed by atoms with Crippen molar-refractivity contribution in [3.8, 4) is 11.1 Å². The summed E-state index contributed by atoms with van der Waals surface area (Å²) in [5.74, 6) is -0.211. The van der Waals surface area contributed by atoms with Crippen LogP contribution in [0.1, 0.15) is 106 Å². The Morgan fingerprint density at radius 3 is 2.18 bits per heavy atom. The van der Waals surface area contributed by atoms with Crippen molar-refractivity contribution in [3.05, 3.63) is 83.2 Å². The van der Waals surface area contributed by atoms with Gasteiger partial charge in [-0.1, -0.05) is 30.3 Å². The molecule has 1 aromatic heterocycles. The number of nitrogens with zero attached hydrogens (tertiary/aromatic N) is 4. The average Bonchev–Trinajstić information content (AvgIpc) is 3.73. The molecule has 0 spiro atoms. The molecule has 1 atom stereocenters. The molecule has 0 bridgehead atoms. The number of anilines is 1. The molecule has 13 nitrogen and oxygen atoms in total. The molecule has 5 N–H and O–H groups in total. The lowest BCUT2D eigenvalue weighted by atomic mass is 9.77. The van der Waals surface area contributed by atoms with Gasteiger partial charge < -0.3 is 26.4 Å². The highest BCUT2D eigenvalue weighted by Crippen LogP contribution is 2.32. The first kappa shape index (κ1) is 41.3. The number of amides is 3. The van der Waals surface area contributed by atoms with Crippen LogP contribution in [0, 0.1) is 24.7 Å². The molecule has 302 valence electrons. The third-order valence-electron chi connectivity index (χ3n) is 11.1. The van der Waals surface area contributed by atoms with Crippen LogP contribution in [-0.2, 0) is 20.7 Å². The number of pyridine rings is 1. The van der Waals surface area contributed by atoms with Crippen LogP contribution in [0.15, 0.2) is 75.9 Å². The first-order chi connectivity index (χ1) is 27.3. The zero-order chi connectivity index (χ0) is 40.5. The molecule has 2 heterocycles. The number of carbonyl (C=O) groups is 4. The van der Waals surface area contributed by atoms with Crippen molar-refractivity contribution in [1.29, 1.82) is 0 Å². The number of nitrogens with two attached hydrogens (primary N) is 1. The SMILES string of the molecule is Cc1nc(C(=O)NC2CCC(N)CC2)ccc1-c1ccc(C[C@H](CC(=O)C2CCC(CNC(=O)OC(C)(C)C)CC2)C(=O)Nc2ccc(C3=NCN=N3)cc2)cc1. The molecule has 1 aliphatic heterocycles. The molecule has 3 amide bonds. The number of hydrogen-bond donors (Lipinski definition) is 4. The number of aliphatic imine (C=N–C) groups is 1. The Bertz CT molecular complexity index is 1960. The molecule has 3 aliphatic rings. The van der Waals surface area contributed by atoms with Gasteiger partial charge in [-0.15, -0.1) is 5.11 Å². The van der Waals surface area contributed by atoms with E-state index in [0.29, 0.717) is 49.7 Å². The predicted octanol–water partition coefficient (Wildman–Crippen LogP) is 7.31. The molecule has 6 rings (SSSR count). The third kappa shape index (κ3) is 11.9. The van der Waals surface area contributed by atoms with E-state index in [1.54, 1.807) is 18.2 Å². The van der Waals surface area contributed by atoms with Gasteiger partial charge >= 0.3 is 6.09 Å². The molecule has 2 aromatic carbocycles. The van der Waals surface area contributed by atoms with Gasteiger partial charge in [0.15, 0.2) is 12.5 Å². The van der Waals surface area contributed by atoms with E-state index in [4.69, 9.17) is 10.5 Å². The second kappa shape index (κ2) is 18.8. The third-order valence-corrected chi connectivity index (χ3v) is 11.1. The van der Waals surface area contributed by atoms with Gasteiger partial charge in [-0.3, -0.25) is 14.4 Å². The van der Waals surface area contributed by atoms with Crippen molar-refractivity contribution in [2.45, 2.75) is 110 Å². The molecule has 2 fully saturated rings. The maximum Gasteiger partial charge on any atom is 0.407 e. The zero-order valence-corrected chi connectivity index (χ0v) is 33.6. The van der Waals surface area contributed by atoms with E-state index in [1.807, 2.05) is 70.2 Å². The van der Waals surface area contributed by atoms with Crippen LogP contribution in [0.3, 0.4) is 0 Å². The van der Waals surface area contributed by atoms with Crippen LogP contribution >= 0.6 is 0 Å². The molecule has 2 saturated carbocycles. The second-order valence-electron chi connectivity index (χ2n) is 16.7. The molecular weight excluding hydrogens is 721 g/mol. The Labute approximate surface area is 335 Å². The van der Waals surface area contributed by atoms with Gasteiger partial charge in [0.25, 0.3) is 5.91 Å². The van der Waals surface area contributed by atoms with E-state index in [9.17, 15) is 19.2 Å². The molecular formula is C44H56N8O5. The maximum absolute atomic E-state index is 13.9. The first-order valence-corrected chi connectivity index (χ1v) is 20.3. The van der Waals surface area contributed by atoms with Crippen molar-refractivity contribution in [2.75, 3.05) is 18.5 Å². The van der Waals surface area contributed by atoms with Gasteiger partial charge in [0.1, 0.15) is 17.1 Å². The fraction of sp³-hybridized carbons (Fsp3) is 0.500. The zero-order valence-electron chi connectivity index (χ0n) is 33.6. The topological polar surface area (TPSA) is 190 Å². The van der Waals surface area contributed by atoms with Gasteiger partial charge in [-0.05, 0) is 133 Å².